The van der Waals surface area contributed by atoms with Crippen LogP contribution in [0.4, 0.5) is 0 Å². The highest BCUT2D eigenvalue weighted by atomic mass is 16.5. The molecule has 1 amide bonds. The number of carbonyl (C=O) groups excluding carboxylic acids is 1. The van der Waals surface area contributed by atoms with E-state index in [4.69, 9.17) is 4.74 Å². The summed E-state index contributed by atoms with van der Waals surface area (Å²) in [5, 5.41) is 3.88. The Bertz CT molecular complexity index is 616. The molecule has 4 nitrogen and oxygen atoms in total. The standard InChI is InChI=1S/C17H18N2O2/c1-13-8-14(2)10-16(9-13)21-12-17(20)19-18-11-15-6-4-3-5-7-15/h3-11H,12H2,1-2H3,(H,19,20)/b18-11+. The number of rotatable bonds is 5. The zero-order valence-corrected chi connectivity index (χ0v) is 12.2. The summed E-state index contributed by atoms with van der Waals surface area (Å²) in [5.41, 5.74) is 5.57. The monoisotopic (exact) mass is 282 g/mol. The molecule has 0 saturated heterocycles. The van der Waals surface area contributed by atoms with Crippen LogP contribution < -0.4 is 10.2 Å². The zero-order chi connectivity index (χ0) is 15.1. The number of hydrogen-bond acceptors (Lipinski definition) is 3. The minimum Gasteiger partial charge on any atom is -0.484 e. The van der Waals surface area contributed by atoms with Crippen LogP contribution in [0.3, 0.4) is 0 Å². The van der Waals surface area contributed by atoms with E-state index >= 15 is 0 Å². The van der Waals surface area contributed by atoms with Crippen molar-refractivity contribution in [2.45, 2.75) is 13.8 Å². The summed E-state index contributed by atoms with van der Waals surface area (Å²) in [5.74, 6) is 0.399. The van der Waals surface area contributed by atoms with Crippen LogP contribution in [-0.2, 0) is 4.79 Å². The van der Waals surface area contributed by atoms with Crippen molar-refractivity contribution in [1.29, 1.82) is 0 Å². The minimum absolute atomic E-state index is 0.0605. The predicted molar refractivity (Wildman–Crippen MR) is 83.6 cm³/mol. The third kappa shape index (κ3) is 5.10. The summed E-state index contributed by atoms with van der Waals surface area (Å²) >= 11 is 0. The number of amides is 1. The molecule has 4 heteroatoms. The first-order valence-electron chi connectivity index (χ1n) is 6.71. The van der Waals surface area contributed by atoms with Gasteiger partial charge < -0.3 is 4.74 Å². The Morgan fingerprint density at radius 2 is 1.81 bits per heavy atom. The molecule has 0 saturated carbocycles. The van der Waals surface area contributed by atoms with Crippen molar-refractivity contribution in [1.82, 2.24) is 5.43 Å². The first kappa shape index (κ1) is 14.8. The highest BCUT2D eigenvalue weighted by molar-refractivity contribution is 5.82. The predicted octanol–water partition coefficient (Wildman–Crippen LogP) is 2.83. The van der Waals surface area contributed by atoms with E-state index in [2.05, 4.69) is 16.6 Å². The normalized spacial score (nSPS) is 10.6. The van der Waals surface area contributed by atoms with Crippen LogP contribution in [0.2, 0.25) is 0 Å². The molecule has 21 heavy (non-hydrogen) atoms. The second-order valence-electron chi connectivity index (χ2n) is 4.82. The molecule has 2 aromatic carbocycles. The van der Waals surface area contributed by atoms with Gasteiger partial charge in [0.1, 0.15) is 5.75 Å². The number of carbonyl (C=O) groups is 1. The van der Waals surface area contributed by atoms with E-state index in [1.165, 1.54) is 0 Å². The van der Waals surface area contributed by atoms with Crippen LogP contribution in [-0.4, -0.2) is 18.7 Å². The third-order valence-electron chi connectivity index (χ3n) is 2.77. The highest BCUT2D eigenvalue weighted by Gasteiger charge is 2.02. The first-order valence-corrected chi connectivity index (χ1v) is 6.71. The van der Waals surface area contributed by atoms with Crippen molar-refractivity contribution < 1.29 is 9.53 Å². The Kier molecular flexibility index (Phi) is 5.10. The van der Waals surface area contributed by atoms with Gasteiger partial charge in [-0.05, 0) is 42.7 Å². The lowest BCUT2D eigenvalue weighted by molar-refractivity contribution is -0.123. The molecule has 0 unspecified atom stereocenters. The van der Waals surface area contributed by atoms with Crippen LogP contribution in [0.25, 0.3) is 0 Å². The largest absolute Gasteiger partial charge is 0.484 e. The number of ether oxygens (including phenoxy) is 1. The molecule has 2 rings (SSSR count). The molecular weight excluding hydrogens is 264 g/mol. The maximum absolute atomic E-state index is 11.6. The van der Waals surface area contributed by atoms with E-state index in [-0.39, 0.29) is 12.5 Å². The van der Waals surface area contributed by atoms with E-state index in [9.17, 15) is 4.79 Å². The summed E-state index contributed by atoms with van der Waals surface area (Å²) in [6, 6.07) is 15.4. The van der Waals surface area contributed by atoms with Crippen LogP contribution in [0.15, 0.2) is 53.6 Å². The van der Waals surface area contributed by atoms with Crippen LogP contribution in [0.5, 0.6) is 5.75 Å². The number of aryl methyl sites for hydroxylation is 2. The number of hydrazone groups is 1. The summed E-state index contributed by atoms with van der Waals surface area (Å²) in [7, 11) is 0. The molecule has 0 fully saturated rings. The third-order valence-corrected chi connectivity index (χ3v) is 2.77. The quantitative estimate of drug-likeness (QED) is 0.677. The lowest BCUT2D eigenvalue weighted by Gasteiger charge is -2.07. The molecule has 0 aliphatic rings. The second kappa shape index (κ2) is 7.24. The number of hydrogen-bond donors (Lipinski definition) is 1. The van der Waals surface area contributed by atoms with Crippen LogP contribution in [0.1, 0.15) is 16.7 Å². The Hall–Kier alpha value is -2.62. The number of nitrogens with zero attached hydrogens (tertiary/aromatic N) is 1. The average Bonchev–Trinajstić information content (AvgIpc) is 2.45. The average molecular weight is 282 g/mol. The van der Waals surface area contributed by atoms with Gasteiger partial charge in [-0.25, -0.2) is 5.43 Å². The van der Waals surface area contributed by atoms with Gasteiger partial charge in [-0.2, -0.15) is 5.10 Å². The van der Waals surface area contributed by atoms with Gasteiger partial charge in [0.15, 0.2) is 6.61 Å². The van der Waals surface area contributed by atoms with Gasteiger partial charge in [0, 0.05) is 0 Å². The van der Waals surface area contributed by atoms with Crippen molar-refractivity contribution in [3.8, 4) is 5.75 Å². The van der Waals surface area contributed by atoms with Crippen molar-refractivity contribution in [3.63, 3.8) is 0 Å². The molecule has 1 N–H and O–H groups in total. The molecule has 0 atom stereocenters. The fourth-order valence-electron chi connectivity index (χ4n) is 1.92. The minimum atomic E-state index is -0.290. The molecule has 0 aromatic heterocycles. The Morgan fingerprint density at radius 3 is 2.48 bits per heavy atom. The number of benzene rings is 2. The van der Waals surface area contributed by atoms with Crippen molar-refractivity contribution in [3.05, 3.63) is 65.2 Å². The molecule has 0 aliphatic carbocycles. The zero-order valence-electron chi connectivity index (χ0n) is 12.2. The Balaban J connectivity index is 1.81. The lowest BCUT2D eigenvalue weighted by atomic mass is 10.1. The summed E-state index contributed by atoms with van der Waals surface area (Å²) in [6.45, 7) is 3.92. The molecule has 0 bridgehead atoms. The first-order chi connectivity index (χ1) is 10.1. The van der Waals surface area contributed by atoms with Gasteiger partial charge >= 0.3 is 0 Å². The summed E-state index contributed by atoms with van der Waals surface area (Å²) < 4.78 is 5.45. The highest BCUT2D eigenvalue weighted by Crippen LogP contribution is 2.15. The van der Waals surface area contributed by atoms with Gasteiger partial charge in [0.05, 0.1) is 6.21 Å². The molecule has 2 aromatic rings. The summed E-state index contributed by atoms with van der Waals surface area (Å²) in [6.07, 6.45) is 1.59. The maximum Gasteiger partial charge on any atom is 0.277 e. The van der Waals surface area contributed by atoms with Crippen molar-refractivity contribution in [2.75, 3.05) is 6.61 Å². The molecule has 0 spiro atoms. The Morgan fingerprint density at radius 1 is 1.14 bits per heavy atom. The van der Waals surface area contributed by atoms with Crippen molar-refractivity contribution in [2.24, 2.45) is 5.10 Å². The van der Waals surface area contributed by atoms with E-state index < -0.39 is 0 Å². The molecule has 108 valence electrons. The van der Waals surface area contributed by atoms with Gasteiger partial charge in [0.25, 0.3) is 5.91 Å². The van der Waals surface area contributed by atoms with Gasteiger partial charge in [0.2, 0.25) is 0 Å². The van der Waals surface area contributed by atoms with Crippen LogP contribution >= 0.6 is 0 Å². The molecule has 0 heterocycles. The molecule has 0 aliphatic heterocycles. The topological polar surface area (TPSA) is 50.7 Å². The fourth-order valence-corrected chi connectivity index (χ4v) is 1.92. The van der Waals surface area contributed by atoms with E-state index in [1.807, 2.05) is 56.3 Å². The molecule has 0 radical (unpaired) electrons. The van der Waals surface area contributed by atoms with E-state index in [1.54, 1.807) is 6.21 Å². The SMILES string of the molecule is Cc1cc(C)cc(OCC(=O)N/N=C/c2ccccc2)c1. The maximum atomic E-state index is 11.6. The summed E-state index contributed by atoms with van der Waals surface area (Å²) in [4.78, 5) is 11.6. The fraction of sp³-hybridized carbons (Fsp3) is 0.176. The van der Waals surface area contributed by atoms with Gasteiger partial charge in [-0.1, -0.05) is 36.4 Å². The van der Waals surface area contributed by atoms with E-state index in [0.717, 1.165) is 16.7 Å². The van der Waals surface area contributed by atoms with Crippen LogP contribution in [0, 0.1) is 13.8 Å². The second-order valence-corrected chi connectivity index (χ2v) is 4.82. The van der Waals surface area contributed by atoms with Gasteiger partial charge in [-0.3, -0.25) is 4.79 Å². The Labute approximate surface area is 124 Å². The number of nitrogens with one attached hydrogen (secondary N) is 1. The van der Waals surface area contributed by atoms with Gasteiger partial charge in [-0.15, -0.1) is 0 Å². The van der Waals surface area contributed by atoms with Crippen molar-refractivity contribution >= 4 is 12.1 Å². The lowest BCUT2D eigenvalue weighted by Crippen LogP contribution is -2.24. The molecular formula is C17H18N2O2. The smallest absolute Gasteiger partial charge is 0.277 e. The van der Waals surface area contributed by atoms with E-state index in [0.29, 0.717) is 5.75 Å².